The molecule has 2 atom stereocenters. The number of carboxylic acid groups (broad SMARTS) is 1. The predicted octanol–water partition coefficient (Wildman–Crippen LogP) is -0.860. The first-order chi connectivity index (χ1) is 9.60. The van der Waals surface area contributed by atoms with Crippen molar-refractivity contribution in [3.8, 4) is 17.2 Å². The van der Waals surface area contributed by atoms with E-state index in [0.29, 0.717) is 23.0 Å². The zero-order chi connectivity index (χ0) is 14.7. The molecule has 110 valence electrons. The molecule has 1 saturated heterocycles. The van der Waals surface area contributed by atoms with Crippen LogP contribution in [-0.2, 0) is 4.79 Å². The van der Waals surface area contributed by atoms with E-state index in [1.165, 1.54) is 0 Å². The molecule has 1 aromatic rings. The number of thioether (sulfide) groups is 1. The van der Waals surface area contributed by atoms with Crippen molar-refractivity contribution >= 4 is 17.7 Å². The number of quaternary nitrogens is 1. The second-order valence-corrected chi connectivity index (χ2v) is 5.51. The van der Waals surface area contributed by atoms with Crippen molar-refractivity contribution in [3.05, 3.63) is 17.7 Å². The molecule has 0 amide bonds. The summed E-state index contributed by atoms with van der Waals surface area (Å²) in [6.07, 6.45) is 0. The van der Waals surface area contributed by atoms with E-state index < -0.39 is 12.0 Å². The topological polar surface area (TPSA) is 84.4 Å². The summed E-state index contributed by atoms with van der Waals surface area (Å²) >= 11 is 1.56. The Balaban J connectivity index is 2.31. The molecule has 0 saturated carbocycles. The van der Waals surface area contributed by atoms with E-state index in [9.17, 15) is 9.90 Å². The summed E-state index contributed by atoms with van der Waals surface area (Å²) in [5, 5.41) is 12.7. The first kappa shape index (κ1) is 14.8. The Morgan fingerprint density at radius 3 is 2.25 bits per heavy atom. The Kier molecular flexibility index (Phi) is 4.61. The molecular formula is C13H17NO5S. The smallest absolute Gasteiger partial charge is 0.203 e. The van der Waals surface area contributed by atoms with E-state index >= 15 is 0 Å². The van der Waals surface area contributed by atoms with Crippen LogP contribution in [0.15, 0.2) is 12.1 Å². The van der Waals surface area contributed by atoms with Crippen molar-refractivity contribution in [2.24, 2.45) is 0 Å². The maximum atomic E-state index is 10.9. The van der Waals surface area contributed by atoms with Crippen LogP contribution in [0.2, 0.25) is 0 Å². The standard InChI is InChI=1S/C13H17NO5S/c1-17-9-4-7(5-10(18-2)11(9)19-3)12-14-8(6-20-12)13(15)16/h4-5,8,12,14H,6H2,1-3H3,(H,15,16)/t8-,12-/m0/s1. The predicted molar refractivity (Wildman–Crippen MR) is 72.0 cm³/mol. The maximum absolute atomic E-state index is 10.9. The first-order valence-corrected chi connectivity index (χ1v) is 7.13. The normalized spacial score (nSPS) is 21.6. The highest BCUT2D eigenvalue weighted by Crippen LogP contribution is 2.41. The zero-order valence-corrected chi connectivity index (χ0v) is 12.4. The van der Waals surface area contributed by atoms with Crippen molar-refractivity contribution in [1.29, 1.82) is 0 Å². The highest BCUT2D eigenvalue weighted by Gasteiger charge is 2.32. The molecule has 1 aliphatic heterocycles. The quantitative estimate of drug-likeness (QED) is 0.761. The number of carboxylic acids is 1. The van der Waals surface area contributed by atoms with Gasteiger partial charge in [-0.2, -0.15) is 0 Å². The van der Waals surface area contributed by atoms with E-state index in [1.807, 2.05) is 12.1 Å². The molecule has 1 aliphatic rings. The monoisotopic (exact) mass is 299 g/mol. The van der Waals surface area contributed by atoms with Crippen molar-refractivity contribution < 1.29 is 29.4 Å². The molecule has 0 bridgehead atoms. The lowest BCUT2D eigenvalue weighted by molar-refractivity contribution is -0.690. The van der Waals surface area contributed by atoms with Crippen LogP contribution in [0, 0.1) is 0 Å². The number of hydrogen-bond donors (Lipinski definition) is 1. The highest BCUT2D eigenvalue weighted by molar-refractivity contribution is 7.99. The van der Waals surface area contributed by atoms with Crippen LogP contribution in [0.4, 0.5) is 0 Å². The van der Waals surface area contributed by atoms with Crippen LogP contribution in [0.3, 0.4) is 0 Å². The van der Waals surface area contributed by atoms with Gasteiger partial charge in [-0.15, -0.1) is 0 Å². The molecule has 0 aromatic heterocycles. The Morgan fingerprint density at radius 2 is 1.85 bits per heavy atom. The minimum absolute atomic E-state index is 0.0217. The second-order valence-electron chi connectivity index (χ2n) is 4.33. The van der Waals surface area contributed by atoms with Crippen molar-refractivity contribution in [2.75, 3.05) is 27.1 Å². The lowest BCUT2D eigenvalue weighted by atomic mass is 10.1. The van der Waals surface area contributed by atoms with Gasteiger partial charge in [0.2, 0.25) is 5.75 Å². The van der Waals surface area contributed by atoms with Gasteiger partial charge in [0.25, 0.3) is 0 Å². The largest absolute Gasteiger partial charge is 0.544 e. The van der Waals surface area contributed by atoms with Crippen LogP contribution < -0.4 is 24.6 Å². The number of carbonyl (C=O) groups excluding carboxylic acids is 1. The van der Waals surface area contributed by atoms with Gasteiger partial charge in [0.1, 0.15) is 12.0 Å². The third-order valence-electron chi connectivity index (χ3n) is 3.18. The molecular weight excluding hydrogens is 282 g/mol. The van der Waals surface area contributed by atoms with E-state index in [1.54, 1.807) is 38.4 Å². The van der Waals surface area contributed by atoms with E-state index in [2.05, 4.69) is 0 Å². The number of benzene rings is 1. The second kappa shape index (κ2) is 6.23. The molecule has 2 N–H and O–H groups in total. The summed E-state index contributed by atoms with van der Waals surface area (Å²) < 4.78 is 15.9. The van der Waals surface area contributed by atoms with Crippen LogP contribution in [0.25, 0.3) is 0 Å². The number of rotatable bonds is 5. The van der Waals surface area contributed by atoms with Gasteiger partial charge in [-0.1, -0.05) is 11.8 Å². The highest BCUT2D eigenvalue weighted by atomic mass is 32.2. The summed E-state index contributed by atoms with van der Waals surface area (Å²) in [6, 6.07) is 3.16. The van der Waals surface area contributed by atoms with Gasteiger partial charge in [-0.05, 0) is 12.1 Å². The molecule has 1 aromatic carbocycles. The molecule has 0 radical (unpaired) electrons. The van der Waals surface area contributed by atoms with Gasteiger partial charge in [0.15, 0.2) is 16.9 Å². The fourth-order valence-electron chi connectivity index (χ4n) is 2.15. The maximum Gasteiger partial charge on any atom is 0.203 e. The van der Waals surface area contributed by atoms with Gasteiger partial charge >= 0.3 is 0 Å². The summed E-state index contributed by atoms with van der Waals surface area (Å²) in [4.78, 5) is 10.9. The summed E-state index contributed by atoms with van der Waals surface area (Å²) in [5.41, 5.74) is 0.924. The molecule has 6 nitrogen and oxygen atoms in total. The van der Waals surface area contributed by atoms with Crippen LogP contribution in [-0.4, -0.2) is 39.1 Å². The van der Waals surface area contributed by atoms with Crippen LogP contribution in [0.5, 0.6) is 17.2 Å². The van der Waals surface area contributed by atoms with E-state index in [0.717, 1.165) is 5.56 Å². The molecule has 1 heterocycles. The Bertz CT molecular complexity index is 483. The third kappa shape index (κ3) is 2.78. The Labute approximate surface area is 121 Å². The van der Waals surface area contributed by atoms with Gasteiger partial charge in [0.05, 0.1) is 27.1 Å². The number of aliphatic carboxylic acids is 1. The van der Waals surface area contributed by atoms with E-state index in [-0.39, 0.29) is 5.37 Å². The molecule has 0 unspecified atom stereocenters. The average Bonchev–Trinajstić information content (AvgIpc) is 2.95. The van der Waals surface area contributed by atoms with Crippen molar-refractivity contribution in [3.63, 3.8) is 0 Å². The number of methoxy groups -OCH3 is 3. The molecule has 1 fully saturated rings. The molecule has 0 spiro atoms. The fraction of sp³-hybridized carbons (Fsp3) is 0.462. The molecule has 0 aliphatic carbocycles. The lowest BCUT2D eigenvalue weighted by Crippen LogP contribution is -2.90. The minimum Gasteiger partial charge on any atom is -0.544 e. The molecule has 20 heavy (non-hydrogen) atoms. The van der Waals surface area contributed by atoms with Gasteiger partial charge in [-0.3, -0.25) is 0 Å². The van der Waals surface area contributed by atoms with Gasteiger partial charge in [-0.25, -0.2) is 0 Å². The SMILES string of the molecule is COc1cc([C@H]2[NH2+][C@H](C(=O)[O-])CS2)cc(OC)c1OC. The number of nitrogens with two attached hydrogens (primary N) is 1. The average molecular weight is 299 g/mol. The fourth-order valence-corrected chi connectivity index (χ4v) is 3.44. The van der Waals surface area contributed by atoms with E-state index in [4.69, 9.17) is 14.2 Å². The number of hydrogen-bond acceptors (Lipinski definition) is 6. The summed E-state index contributed by atoms with van der Waals surface area (Å²) in [7, 11) is 4.65. The van der Waals surface area contributed by atoms with Crippen LogP contribution >= 0.6 is 11.8 Å². The summed E-state index contributed by atoms with van der Waals surface area (Å²) in [5.74, 6) is 1.13. The van der Waals surface area contributed by atoms with Crippen molar-refractivity contribution in [1.82, 2.24) is 0 Å². The zero-order valence-electron chi connectivity index (χ0n) is 11.5. The summed E-state index contributed by atoms with van der Waals surface area (Å²) in [6.45, 7) is 0. The van der Waals surface area contributed by atoms with Crippen molar-refractivity contribution in [2.45, 2.75) is 11.4 Å². The number of ether oxygens (including phenoxy) is 3. The Hall–Kier alpha value is -1.60. The minimum atomic E-state index is -1.03. The number of carbonyl (C=O) groups is 1. The Morgan fingerprint density at radius 1 is 1.25 bits per heavy atom. The van der Waals surface area contributed by atoms with Crippen LogP contribution in [0.1, 0.15) is 10.9 Å². The van der Waals surface area contributed by atoms with Gasteiger partial charge in [0, 0.05) is 5.56 Å². The molecule has 7 heteroatoms. The third-order valence-corrected chi connectivity index (χ3v) is 4.52. The molecule has 2 rings (SSSR count). The lowest BCUT2D eigenvalue weighted by Gasteiger charge is -2.16. The first-order valence-electron chi connectivity index (χ1n) is 6.08. The van der Waals surface area contributed by atoms with Gasteiger partial charge < -0.3 is 29.4 Å².